The second kappa shape index (κ2) is 6.58. The van der Waals surface area contributed by atoms with Crippen molar-refractivity contribution in [2.45, 2.75) is 6.42 Å². The third kappa shape index (κ3) is 3.48. The number of hydrogen-bond acceptors (Lipinski definition) is 6. The highest BCUT2D eigenvalue weighted by atomic mass is 16.5. The first-order chi connectivity index (χ1) is 9.24. The lowest BCUT2D eigenvalue weighted by Gasteiger charge is -2.23. The summed E-state index contributed by atoms with van der Waals surface area (Å²) in [5.41, 5.74) is 6.68. The second-order valence-corrected chi connectivity index (χ2v) is 4.67. The first kappa shape index (κ1) is 13.9. The highest BCUT2D eigenvalue weighted by Gasteiger charge is 2.18. The first-order valence-electron chi connectivity index (χ1n) is 6.63. The molecule has 0 spiro atoms. The molecule has 0 amide bonds. The Labute approximate surface area is 113 Å². The van der Waals surface area contributed by atoms with E-state index in [0.717, 1.165) is 45.0 Å². The molecule has 19 heavy (non-hydrogen) atoms. The van der Waals surface area contributed by atoms with Gasteiger partial charge in [-0.05, 0) is 19.0 Å². The van der Waals surface area contributed by atoms with E-state index >= 15 is 0 Å². The van der Waals surface area contributed by atoms with Crippen molar-refractivity contribution in [3.8, 4) is 5.88 Å². The summed E-state index contributed by atoms with van der Waals surface area (Å²) >= 11 is 0. The van der Waals surface area contributed by atoms with Crippen LogP contribution in [0.1, 0.15) is 6.42 Å². The highest BCUT2D eigenvalue weighted by Crippen LogP contribution is 2.24. The lowest BCUT2D eigenvalue weighted by molar-refractivity contribution is 0.204. The fourth-order valence-electron chi connectivity index (χ4n) is 2.36. The predicted octanol–water partition coefficient (Wildman–Crippen LogP) is 0.177. The van der Waals surface area contributed by atoms with Gasteiger partial charge in [-0.1, -0.05) is 0 Å². The van der Waals surface area contributed by atoms with Crippen LogP contribution in [-0.2, 0) is 0 Å². The average molecular weight is 266 g/mol. The minimum absolute atomic E-state index is 0.208. The Balaban J connectivity index is 2.09. The summed E-state index contributed by atoms with van der Waals surface area (Å²) in [4.78, 5) is 8.89. The number of nitrogens with two attached hydrogens (primary N) is 1. The number of anilines is 2. The van der Waals surface area contributed by atoms with Gasteiger partial charge in [0.15, 0.2) is 5.82 Å². The number of β-amino-alcohol motifs (C(OH)–C–C–N with tert-alkyl or cyclic N) is 1. The molecule has 1 aromatic heterocycles. The molecular formula is C13H22N4O2. The fraction of sp³-hybridized carbons (Fsp3) is 0.615. The Hall–Kier alpha value is -1.53. The summed E-state index contributed by atoms with van der Waals surface area (Å²) in [6.45, 7) is 4.64. The zero-order valence-electron chi connectivity index (χ0n) is 11.4. The molecule has 6 nitrogen and oxygen atoms in total. The molecule has 0 saturated carbocycles. The van der Waals surface area contributed by atoms with Crippen molar-refractivity contribution in [3.05, 3.63) is 12.1 Å². The molecule has 1 saturated heterocycles. The van der Waals surface area contributed by atoms with Crippen molar-refractivity contribution < 1.29 is 9.84 Å². The topological polar surface area (TPSA) is 74.9 Å². The Bertz CT molecular complexity index is 414. The van der Waals surface area contributed by atoms with Gasteiger partial charge >= 0.3 is 0 Å². The molecule has 0 bridgehead atoms. The van der Waals surface area contributed by atoms with Crippen LogP contribution in [0.25, 0.3) is 0 Å². The van der Waals surface area contributed by atoms with E-state index in [1.165, 1.54) is 0 Å². The van der Waals surface area contributed by atoms with Crippen LogP contribution in [0.5, 0.6) is 5.88 Å². The normalized spacial score (nSPS) is 17.3. The number of nitrogens with zero attached hydrogens (tertiary/aromatic N) is 3. The molecule has 6 heteroatoms. The second-order valence-electron chi connectivity index (χ2n) is 4.67. The summed E-state index contributed by atoms with van der Waals surface area (Å²) in [5.74, 6) is 1.38. The summed E-state index contributed by atoms with van der Waals surface area (Å²) in [6, 6.07) is 3.60. The van der Waals surface area contributed by atoms with E-state index in [-0.39, 0.29) is 6.61 Å². The number of pyridine rings is 1. The Morgan fingerprint density at radius 2 is 2.16 bits per heavy atom. The van der Waals surface area contributed by atoms with Crippen LogP contribution in [0.2, 0.25) is 0 Å². The van der Waals surface area contributed by atoms with Gasteiger partial charge in [-0.25, -0.2) is 0 Å². The molecule has 1 fully saturated rings. The van der Waals surface area contributed by atoms with Gasteiger partial charge in [0, 0.05) is 32.2 Å². The molecule has 0 aliphatic carbocycles. The number of methoxy groups -OCH3 is 1. The minimum atomic E-state index is 0.208. The Kier molecular flexibility index (Phi) is 4.81. The molecule has 106 valence electrons. The van der Waals surface area contributed by atoms with Crippen LogP contribution < -0.4 is 15.4 Å². The van der Waals surface area contributed by atoms with Gasteiger partial charge < -0.3 is 20.5 Å². The fourth-order valence-corrected chi connectivity index (χ4v) is 2.36. The molecule has 0 atom stereocenters. The number of aliphatic hydroxyl groups is 1. The van der Waals surface area contributed by atoms with Crippen molar-refractivity contribution in [2.75, 3.05) is 57.1 Å². The van der Waals surface area contributed by atoms with Crippen LogP contribution in [0.4, 0.5) is 11.5 Å². The molecule has 0 radical (unpaired) electrons. The lowest BCUT2D eigenvalue weighted by Crippen LogP contribution is -2.33. The predicted molar refractivity (Wildman–Crippen MR) is 75.6 cm³/mol. The van der Waals surface area contributed by atoms with E-state index in [9.17, 15) is 0 Å². The molecular weight excluding hydrogens is 244 g/mol. The van der Waals surface area contributed by atoms with Crippen molar-refractivity contribution in [2.24, 2.45) is 0 Å². The van der Waals surface area contributed by atoms with Crippen LogP contribution in [0.15, 0.2) is 12.1 Å². The minimum Gasteiger partial charge on any atom is -0.481 e. The summed E-state index contributed by atoms with van der Waals surface area (Å²) in [7, 11) is 1.60. The SMILES string of the molecule is COc1ccc(N)c(N2CCCN(CCO)CC2)n1. The average Bonchev–Trinajstić information content (AvgIpc) is 2.65. The molecule has 1 aliphatic rings. The number of rotatable bonds is 4. The van der Waals surface area contributed by atoms with Gasteiger partial charge in [0.2, 0.25) is 5.88 Å². The zero-order valence-corrected chi connectivity index (χ0v) is 11.4. The highest BCUT2D eigenvalue weighted by molar-refractivity contribution is 5.63. The van der Waals surface area contributed by atoms with Crippen LogP contribution >= 0.6 is 0 Å². The number of aliphatic hydroxyl groups excluding tert-OH is 1. The summed E-state index contributed by atoms with van der Waals surface area (Å²) in [6.07, 6.45) is 1.04. The maximum absolute atomic E-state index is 9.00. The number of ether oxygens (including phenoxy) is 1. The largest absolute Gasteiger partial charge is 0.481 e. The van der Waals surface area contributed by atoms with Crippen LogP contribution in [0, 0.1) is 0 Å². The lowest BCUT2D eigenvalue weighted by atomic mass is 10.3. The molecule has 0 aromatic carbocycles. The maximum Gasteiger partial charge on any atom is 0.215 e. The van der Waals surface area contributed by atoms with E-state index in [0.29, 0.717) is 11.6 Å². The van der Waals surface area contributed by atoms with Gasteiger partial charge in [-0.2, -0.15) is 4.98 Å². The van der Waals surface area contributed by atoms with Crippen LogP contribution in [0.3, 0.4) is 0 Å². The molecule has 0 unspecified atom stereocenters. The third-order valence-corrected chi connectivity index (χ3v) is 3.39. The third-order valence-electron chi connectivity index (χ3n) is 3.39. The molecule has 1 aromatic rings. The monoisotopic (exact) mass is 266 g/mol. The van der Waals surface area contributed by atoms with Crippen molar-refractivity contribution >= 4 is 11.5 Å². The molecule has 1 aliphatic heterocycles. The van der Waals surface area contributed by atoms with Crippen molar-refractivity contribution in [1.29, 1.82) is 0 Å². The molecule has 2 heterocycles. The van der Waals surface area contributed by atoms with Gasteiger partial charge in [-0.3, -0.25) is 4.90 Å². The summed E-state index contributed by atoms with van der Waals surface area (Å²) in [5, 5.41) is 9.00. The maximum atomic E-state index is 9.00. The first-order valence-corrected chi connectivity index (χ1v) is 6.63. The van der Waals surface area contributed by atoms with Gasteiger partial charge in [0.1, 0.15) is 0 Å². The van der Waals surface area contributed by atoms with E-state index in [4.69, 9.17) is 15.6 Å². The Morgan fingerprint density at radius 3 is 2.89 bits per heavy atom. The summed E-state index contributed by atoms with van der Waals surface area (Å²) < 4.78 is 5.15. The Morgan fingerprint density at radius 1 is 1.32 bits per heavy atom. The van der Waals surface area contributed by atoms with E-state index in [1.54, 1.807) is 13.2 Å². The number of hydrogen-bond donors (Lipinski definition) is 2. The van der Waals surface area contributed by atoms with E-state index < -0.39 is 0 Å². The zero-order chi connectivity index (χ0) is 13.7. The van der Waals surface area contributed by atoms with Gasteiger partial charge in [0.25, 0.3) is 0 Å². The number of nitrogen functional groups attached to an aromatic ring is 1. The van der Waals surface area contributed by atoms with Crippen molar-refractivity contribution in [1.82, 2.24) is 9.88 Å². The molecule has 2 rings (SSSR count). The smallest absolute Gasteiger partial charge is 0.215 e. The van der Waals surface area contributed by atoms with E-state index in [2.05, 4.69) is 14.8 Å². The quantitative estimate of drug-likeness (QED) is 0.809. The standard InChI is InChI=1S/C13H22N4O2/c1-19-12-4-3-11(14)13(15-12)17-6-2-5-16(7-8-17)9-10-18/h3-4,18H,2,5-10,14H2,1H3. The van der Waals surface area contributed by atoms with Crippen molar-refractivity contribution in [3.63, 3.8) is 0 Å². The number of aromatic nitrogens is 1. The van der Waals surface area contributed by atoms with Crippen LogP contribution in [-0.4, -0.2) is 61.4 Å². The van der Waals surface area contributed by atoms with E-state index in [1.807, 2.05) is 6.07 Å². The van der Waals surface area contributed by atoms with Gasteiger partial charge in [-0.15, -0.1) is 0 Å². The molecule has 3 N–H and O–H groups in total. The van der Waals surface area contributed by atoms with Gasteiger partial charge in [0.05, 0.1) is 19.4 Å².